The van der Waals surface area contributed by atoms with Gasteiger partial charge in [-0.15, -0.1) is 6.58 Å². The van der Waals surface area contributed by atoms with Gasteiger partial charge in [0.25, 0.3) is 5.91 Å². The summed E-state index contributed by atoms with van der Waals surface area (Å²) in [5.74, 6) is -1.65. The van der Waals surface area contributed by atoms with Gasteiger partial charge in [-0.3, -0.25) is 19.2 Å². The van der Waals surface area contributed by atoms with Crippen molar-refractivity contribution < 1.29 is 32.4 Å². The predicted molar refractivity (Wildman–Crippen MR) is 207 cm³/mol. The third-order valence-corrected chi connectivity index (χ3v) is 15.1. The van der Waals surface area contributed by atoms with Crippen LogP contribution in [0, 0.1) is 34.0 Å². The van der Waals surface area contributed by atoms with E-state index in [1.54, 1.807) is 4.90 Å². The van der Waals surface area contributed by atoms with Crippen molar-refractivity contribution in [2.45, 2.75) is 142 Å². The number of likely N-dealkylation sites (tertiary alicyclic amines) is 1. The van der Waals surface area contributed by atoms with Crippen LogP contribution in [0.25, 0.3) is 0 Å². The summed E-state index contributed by atoms with van der Waals surface area (Å²) < 4.78 is 25.8. The Hall–Kier alpha value is -3.00. The fourth-order valence-electron chi connectivity index (χ4n) is 9.63. The van der Waals surface area contributed by atoms with Crippen LogP contribution in [0.2, 0.25) is 0 Å². The summed E-state index contributed by atoms with van der Waals surface area (Å²) in [6.07, 6.45) is 15.2. The maximum Gasteiger partial charge on any atom is 0.315 e. The molecule has 0 aromatic heterocycles. The van der Waals surface area contributed by atoms with Crippen LogP contribution >= 0.6 is 0 Å². The molecule has 0 aromatic carbocycles. The predicted octanol–water partition coefficient (Wildman–Crippen LogP) is 3.88. The lowest BCUT2D eigenvalue weighted by Gasteiger charge is -2.43. The van der Waals surface area contributed by atoms with E-state index in [-0.39, 0.29) is 36.2 Å². The van der Waals surface area contributed by atoms with Gasteiger partial charge in [-0.1, -0.05) is 72.3 Å². The first kappa shape index (κ1) is 42.1. The van der Waals surface area contributed by atoms with Gasteiger partial charge in [0.05, 0.1) is 12.3 Å². The average molecular weight is 775 g/mol. The Morgan fingerprint density at radius 3 is 2.17 bits per heavy atom. The summed E-state index contributed by atoms with van der Waals surface area (Å²) in [5, 5.41) is 11.6. The number of hydrogen-bond acceptors (Lipinski definition) is 7. The Labute approximate surface area is 323 Å². The number of likely N-dealkylation sites (N-methyl/N-ethyl adjacent to an activating group) is 1. The molecule has 1 unspecified atom stereocenters. The number of carbonyl (C=O) groups is 5. The highest BCUT2D eigenvalue weighted by Crippen LogP contribution is 2.66. The minimum Gasteiger partial charge on any atom is -0.346 e. The summed E-state index contributed by atoms with van der Waals surface area (Å²) in [5.41, 5.74) is -0.968. The Morgan fingerprint density at radius 1 is 0.944 bits per heavy atom. The molecule has 54 heavy (non-hydrogen) atoms. The molecule has 5 aliphatic rings. The first-order valence-corrected chi connectivity index (χ1v) is 22.2. The largest absolute Gasteiger partial charge is 0.346 e. The summed E-state index contributed by atoms with van der Waals surface area (Å²) >= 11 is 0. The Bertz CT molecular complexity index is 1550. The molecule has 1 spiro atoms. The van der Waals surface area contributed by atoms with E-state index in [4.69, 9.17) is 0 Å². The number of ketones is 1. The van der Waals surface area contributed by atoms with Gasteiger partial charge in [0, 0.05) is 32.7 Å². The van der Waals surface area contributed by atoms with Crippen LogP contribution < -0.4 is 21.3 Å². The number of sulfonamides is 1. The van der Waals surface area contributed by atoms with Gasteiger partial charge in [-0.2, -0.15) is 0 Å². The summed E-state index contributed by atoms with van der Waals surface area (Å²) in [7, 11) is -2.03. The topological polar surface area (TPSA) is 174 Å². The number of urea groups is 1. The highest BCUT2D eigenvalue weighted by Gasteiger charge is 2.64. The van der Waals surface area contributed by atoms with Crippen LogP contribution in [0.1, 0.15) is 118 Å². The second-order valence-electron chi connectivity index (χ2n) is 18.6. The van der Waals surface area contributed by atoms with Crippen molar-refractivity contribution in [1.82, 2.24) is 30.5 Å². The molecule has 14 heteroatoms. The average Bonchev–Trinajstić information content (AvgIpc) is 3.65. The van der Waals surface area contributed by atoms with Crippen LogP contribution in [0.4, 0.5) is 4.79 Å². The first-order chi connectivity index (χ1) is 25.3. The second kappa shape index (κ2) is 16.6. The van der Waals surface area contributed by atoms with Gasteiger partial charge in [-0.05, 0) is 85.4 Å². The van der Waals surface area contributed by atoms with Gasteiger partial charge in [-0.25, -0.2) is 17.5 Å². The smallest absolute Gasteiger partial charge is 0.315 e. The molecule has 5 amide bonds. The molecule has 5 fully saturated rings. The summed E-state index contributed by atoms with van der Waals surface area (Å²) in [6.45, 7) is 12.0. The van der Waals surface area contributed by atoms with Gasteiger partial charge >= 0.3 is 6.03 Å². The van der Waals surface area contributed by atoms with Gasteiger partial charge in [0.15, 0.2) is 0 Å². The number of amides is 5. The van der Waals surface area contributed by atoms with Crippen LogP contribution in [0.5, 0.6) is 0 Å². The van der Waals surface area contributed by atoms with Crippen molar-refractivity contribution in [1.29, 1.82) is 0 Å². The highest BCUT2D eigenvalue weighted by atomic mass is 32.2. The number of rotatable bonds is 16. The number of nitrogens with one attached hydrogen (secondary N) is 4. The first-order valence-electron chi connectivity index (χ1n) is 20.3. The zero-order chi connectivity index (χ0) is 39.6. The van der Waals surface area contributed by atoms with Crippen LogP contribution in [-0.4, -0.2) is 104 Å². The van der Waals surface area contributed by atoms with Crippen molar-refractivity contribution in [2.75, 3.05) is 32.9 Å². The quantitative estimate of drug-likeness (QED) is 0.136. The third kappa shape index (κ3) is 9.50. The summed E-state index contributed by atoms with van der Waals surface area (Å²) in [4.78, 5) is 71.8. The minimum atomic E-state index is -3.51. The Balaban J connectivity index is 1.42. The van der Waals surface area contributed by atoms with Crippen LogP contribution in [0.3, 0.4) is 0 Å². The van der Waals surface area contributed by atoms with Crippen molar-refractivity contribution in [3.63, 3.8) is 0 Å². The van der Waals surface area contributed by atoms with Gasteiger partial charge in [0.2, 0.25) is 27.6 Å². The van der Waals surface area contributed by atoms with E-state index in [0.29, 0.717) is 18.9 Å². The molecule has 1 saturated heterocycles. The zero-order valence-corrected chi connectivity index (χ0v) is 34.3. The molecule has 0 bridgehead atoms. The van der Waals surface area contributed by atoms with E-state index < -0.39 is 68.6 Å². The normalized spacial score (nSPS) is 26.2. The van der Waals surface area contributed by atoms with E-state index in [1.165, 1.54) is 17.4 Å². The molecule has 13 nitrogen and oxygen atoms in total. The molecule has 6 atom stereocenters. The molecule has 304 valence electrons. The fraction of sp³-hybridized carbons (Fsp3) is 0.825. The maximum absolute atomic E-state index is 15.1. The number of fused-ring (bicyclic) bond motifs is 2. The molecule has 0 radical (unpaired) electrons. The SMILES string of the molecule is C=CCNC(=O)C(=O)C(CCC1CCC1)NC(=O)[C@@H]1[C@H]2CCC3(CC3)[C@H]2CN1C(=O)[C@@H](NC(=O)N[C@H](CN(C)S(C)(=O)=O)C(C)(C)C)C1(C)CCCCC1. The van der Waals surface area contributed by atoms with Gasteiger partial charge in [0.1, 0.15) is 12.1 Å². The number of Topliss-reactive ketones (excluding diaryl/α,β-unsaturated/α-hetero) is 1. The third-order valence-electron chi connectivity index (χ3n) is 13.8. The number of carbonyl (C=O) groups excluding carboxylic acids is 5. The fourth-order valence-corrected chi connectivity index (χ4v) is 10.1. The molecule has 4 N–H and O–H groups in total. The standard InChI is InChI=1S/C40H66N6O7S/c1-8-23-41-35(49)32(47)29(16-15-26-13-12-14-26)42-34(48)31-27-17-20-40(21-22-40)28(27)24-46(31)36(50)33(39(5)18-10-9-11-19-39)44-37(51)43-30(38(2,3)4)25-45(6)54(7,52)53/h8,26-31,33H,1,9-25H2,2-7H3,(H,41,49)(H,42,48)(H2,43,44,51)/t27-,28-,29?,30+,31-,33+/m0/s1. The molecule has 1 aliphatic heterocycles. The lowest BCUT2D eigenvalue weighted by Crippen LogP contribution is -2.63. The van der Waals surface area contributed by atoms with Crippen molar-refractivity contribution >= 4 is 39.6 Å². The molecular weight excluding hydrogens is 709 g/mol. The molecule has 5 rings (SSSR count). The molecule has 4 saturated carbocycles. The Kier molecular flexibility index (Phi) is 13.0. The van der Waals surface area contributed by atoms with E-state index in [9.17, 15) is 27.6 Å². The Morgan fingerprint density at radius 2 is 1.61 bits per heavy atom. The molecule has 1 heterocycles. The van der Waals surface area contributed by atoms with Crippen molar-refractivity contribution in [3.05, 3.63) is 12.7 Å². The molecular formula is C40H66N6O7S. The lowest BCUT2D eigenvalue weighted by molar-refractivity contribution is -0.145. The molecule has 4 aliphatic carbocycles. The molecule has 0 aromatic rings. The highest BCUT2D eigenvalue weighted by molar-refractivity contribution is 7.88. The number of nitrogens with zero attached hydrogens (tertiary/aromatic N) is 2. The second-order valence-corrected chi connectivity index (χ2v) is 20.7. The van der Waals surface area contributed by atoms with Gasteiger partial charge < -0.3 is 26.2 Å². The van der Waals surface area contributed by atoms with Crippen molar-refractivity contribution in [2.24, 2.45) is 34.0 Å². The van der Waals surface area contributed by atoms with E-state index >= 15 is 4.79 Å². The minimum absolute atomic E-state index is 0.0533. The zero-order valence-electron chi connectivity index (χ0n) is 33.5. The van der Waals surface area contributed by atoms with Crippen LogP contribution in [-0.2, 0) is 29.2 Å². The maximum atomic E-state index is 15.1. The number of hydrogen-bond donors (Lipinski definition) is 4. The lowest BCUT2D eigenvalue weighted by atomic mass is 9.70. The van der Waals surface area contributed by atoms with E-state index in [0.717, 1.165) is 89.7 Å². The summed E-state index contributed by atoms with van der Waals surface area (Å²) in [6, 6.07) is -3.90. The van der Waals surface area contributed by atoms with E-state index in [2.05, 4.69) is 27.8 Å². The monoisotopic (exact) mass is 774 g/mol. The van der Waals surface area contributed by atoms with Crippen LogP contribution in [0.15, 0.2) is 12.7 Å². The van der Waals surface area contributed by atoms with Crippen molar-refractivity contribution in [3.8, 4) is 0 Å². The van der Waals surface area contributed by atoms with E-state index in [1.807, 2.05) is 27.7 Å².